The predicted molar refractivity (Wildman–Crippen MR) is 241 cm³/mol. The zero-order valence-corrected chi connectivity index (χ0v) is 37.1. The summed E-state index contributed by atoms with van der Waals surface area (Å²) in [5.74, 6) is -0.270. The van der Waals surface area contributed by atoms with Gasteiger partial charge in [0.2, 0.25) is 5.78 Å². The first-order chi connectivity index (χ1) is 26.2. The van der Waals surface area contributed by atoms with E-state index < -0.39 is 0 Å². The third kappa shape index (κ3) is 25.9. The molecule has 0 atom stereocenters. The van der Waals surface area contributed by atoms with E-state index in [9.17, 15) is 9.59 Å². The molecule has 1 aliphatic carbocycles. The number of ketones is 2. The largest absolute Gasteiger partial charge is 0.493 e. The average molecular weight is 751 g/mol. The summed E-state index contributed by atoms with van der Waals surface area (Å²) in [5, 5.41) is 0. The van der Waals surface area contributed by atoms with Crippen LogP contribution in [0.2, 0.25) is 0 Å². The van der Waals surface area contributed by atoms with E-state index in [1.807, 2.05) is 0 Å². The van der Waals surface area contributed by atoms with Crippen LogP contribution >= 0.6 is 0 Å². The summed E-state index contributed by atoms with van der Waals surface area (Å²) in [6.45, 7) is 22.3. The van der Waals surface area contributed by atoms with Crippen LogP contribution in [0.25, 0.3) is 0 Å². The Morgan fingerprint density at radius 2 is 0.673 bits per heavy atom. The third-order valence-corrected chi connectivity index (χ3v) is 10.3. The van der Waals surface area contributed by atoms with Crippen LogP contribution < -0.4 is 0 Å². The van der Waals surface area contributed by atoms with E-state index in [1.54, 1.807) is 0 Å². The molecule has 0 bridgehead atoms. The first-order valence-corrected chi connectivity index (χ1v) is 21.1. The lowest BCUT2D eigenvalue weighted by molar-refractivity contribution is -0.117. The monoisotopic (exact) mass is 751 g/mol. The number of carbonyl (C=O) groups excluding carboxylic acids is 2. The second-order valence-electron chi connectivity index (χ2n) is 16.3. The van der Waals surface area contributed by atoms with E-state index in [1.165, 1.54) is 88.7 Å². The van der Waals surface area contributed by atoms with Crippen molar-refractivity contribution < 1.29 is 14.3 Å². The molecule has 55 heavy (non-hydrogen) atoms. The highest BCUT2D eigenvalue weighted by Gasteiger charge is 2.19. The summed E-state index contributed by atoms with van der Waals surface area (Å²) in [5.41, 5.74) is 13.6. The van der Waals surface area contributed by atoms with E-state index in [0.29, 0.717) is 12.0 Å². The minimum Gasteiger partial charge on any atom is -0.493 e. The van der Waals surface area contributed by atoms with Gasteiger partial charge in [0.15, 0.2) is 11.5 Å². The highest BCUT2D eigenvalue weighted by Crippen LogP contribution is 2.20. The van der Waals surface area contributed by atoms with E-state index in [-0.39, 0.29) is 17.3 Å². The van der Waals surface area contributed by atoms with E-state index in [0.717, 1.165) is 83.5 Å². The van der Waals surface area contributed by atoms with Crippen molar-refractivity contribution >= 4 is 11.6 Å². The van der Waals surface area contributed by atoms with Crippen molar-refractivity contribution in [1.82, 2.24) is 0 Å². The first-order valence-electron chi connectivity index (χ1n) is 21.1. The van der Waals surface area contributed by atoms with Crippen molar-refractivity contribution in [3.63, 3.8) is 0 Å². The van der Waals surface area contributed by atoms with Crippen LogP contribution in [0.5, 0.6) is 0 Å². The highest BCUT2D eigenvalue weighted by atomic mass is 16.5. The first kappa shape index (κ1) is 49.3. The maximum Gasteiger partial charge on any atom is 0.220 e. The Morgan fingerprint density at radius 1 is 0.400 bits per heavy atom. The number of rotatable bonds is 27. The lowest BCUT2D eigenvalue weighted by atomic mass is 9.97. The molecule has 0 aliphatic heterocycles. The van der Waals surface area contributed by atoms with Crippen molar-refractivity contribution in [3.05, 3.63) is 128 Å². The molecule has 0 spiro atoms. The van der Waals surface area contributed by atoms with Gasteiger partial charge in [0, 0.05) is 11.6 Å². The van der Waals surface area contributed by atoms with Gasteiger partial charge >= 0.3 is 0 Å². The summed E-state index contributed by atoms with van der Waals surface area (Å²) in [6.07, 6.45) is 42.4. The normalized spacial score (nSPS) is 15.8. The van der Waals surface area contributed by atoms with Crippen molar-refractivity contribution in [1.29, 1.82) is 0 Å². The Labute approximate surface area is 338 Å². The molecule has 0 unspecified atom stereocenters. The molecule has 1 aliphatic rings. The second-order valence-corrected chi connectivity index (χ2v) is 16.3. The molecule has 1 rings (SSSR count). The highest BCUT2D eigenvalue weighted by molar-refractivity contribution is 6.19. The van der Waals surface area contributed by atoms with Gasteiger partial charge in [-0.2, -0.15) is 0 Å². The van der Waals surface area contributed by atoms with E-state index in [4.69, 9.17) is 4.74 Å². The molecule has 0 radical (unpaired) electrons. The molecule has 3 nitrogen and oxygen atoms in total. The number of hydrogen-bond donors (Lipinski definition) is 0. The van der Waals surface area contributed by atoms with Crippen LogP contribution in [-0.2, 0) is 14.3 Å². The van der Waals surface area contributed by atoms with Gasteiger partial charge in [0.25, 0.3) is 0 Å². The van der Waals surface area contributed by atoms with Gasteiger partial charge < -0.3 is 4.74 Å². The Morgan fingerprint density at radius 3 is 0.945 bits per heavy atom. The number of hydrogen-bond acceptors (Lipinski definition) is 3. The number of methoxy groups -OCH3 is 1. The van der Waals surface area contributed by atoms with Crippen molar-refractivity contribution in [2.45, 2.75) is 178 Å². The third-order valence-electron chi connectivity index (χ3n) is 10.3. The van der Waals surface area contributed by atoms with Crippen LogP contribution in [0.1, 0.15) is 178 Å². The molecular weight excluding hydrogens is 673 g/mol. The smallest absolute Gasteiger partial charge is 0.220 e. The number of carbonyl (C=O) groups is 2. The van der Waals surface area contributed by atoms with Crippen LogP contribution in [0.4, 0.5) is 0 Å². The summed E-state index contributed by atoms with van der Waals surface area (Å²) in [7, 11) is 1.41. The van der Waals surface area contributed by atoms with E-state index in [2.05, 4.69) is 124 Å². The number of ether oxygens (including phenoxy) is 1. The molecule has 0 aromatic rings. The molecule has 0 saturated carbocycles. The molecule has 0 heterocycles. The molecule has 0 saturated heterocycles. The topological polar surface area (TPSA) is 43.4 Å². The Bertz CT molecular complexity index is 1560. The molecule has 0 amide bonds. The van der Waals surface area contributed by atoms with Gasteiger partial charge in [-0.25, -0.2) is 0 Å². The second kappa shape index (κ2) is 29.6. The molecule has 3 heteroatoms. The van der Waals surface area contributed by atoms with Gasteiger partial charge in [-0.3, -0.25) is 9.59 Å². The minimum atomic E-state index is -0.239. The maximum atomic E-state index is 12.2. The van der Waals surface area contributed by atoms with Gasteiger partial charge in [0.05, 0.1) is 7.11 Å². The van der Waals surface area contributed by atoms with Crippen molar-refractivity contribution in [3.8, 4) is 0 Å². The fraction of sp³-hybridized carbons (Fsp3) is 0.538. The summed E-state index contributed by atoms with van der Waals surface area (Å²) in [4.78, 5) is 24.2. The lowest BCUT2D eigenvalue weighted by Gasteiger charge is -2.10. The van der Waals surface area contributed by atoms with Crippen LogP contribution in [-0.4, -0.2) is 18.7 Å². The fourth-order valence-corrected chi connectivity index (χ4v) is 6.42. The Kier molecular flexibility index (Phi) is 26.5. The summed E-state index contributed by atoms with van der Waals surface area (Å²) >= 11 is 0. The molecule has 304 valence electrons. The quantitative estimate of drug-likeness (QED) is 0.0620. The maximum absolute atomic E-state index is 12.2. The summed E-state index contributed by atoms with van der Waals surface area (Å²) in [6, 6.07) is 0. The fourth-order valence-electron chi connectivity index (χ4n) is 6.42. The molecular formula is C52H78O3. The Hall–Kier alpha value is -3.72. The minimum absolute atomic E-state index is 0.113. The molecule has 0 N–H and O–H groups in total. The van der Waals surface area contributed by atoms with E-state index >= 15 is 0 Å². The Balaban J connectivity index is 2.26. The zero-order valence-electron chi connectivity index (χ0n) is 37.1. The van der Waals surface area contributed by atoms with Gasteiger partial charge in [-0.05, 0) is 184 Å². The summed E-state index contributed by atoms with van der Waals surface area (Å²) < 4.78 is 4.96. The SMILES string of the molecule is COC1=CC(=O)C(CC=C(C)CCC=C(C)CCC=C(C)CCC=C(C)CCC=C(C)CCC=C(C)CCC=C(C)CCC=C(C)CCC=C(C)C)=CC1=O. The lowest BCUT2D eigenvalue weighted by Crippen LogP contribution is -2.13. The van der Waals surface area contributed by atoms with Crippen LogP contribution in [0.15, 0.2) is 128 Å². The molecule has 0 aromatic heterocycles. The van der Waals surface area contributed by atoms with Gasteiger partial charge in [-0.1, -0.05) is 105 Å². The van der Waals surface area contributed by atoms with Crippen molar-refractivity contribution in [2.75, 3.05) is 7.11 Å². The zero-order chi connectivity index (χ0) is 41.0. The standard InChI is InChI=1S/C52H78O3/c1-40(2)20-12-21-41(3)22-13-23-42(4)24-14-25-43(5)26-15-27-44(6)28-16-29-45(7)30-17-31-46(8)32-18-33-47(9)34-19-35-48(10)36-37-49-38-51(54)52(55-11)39-50(49)53/h20,22,24,26,28,30,32,34,36,38-39H,12-19,21,23,25,27,29,31,33,35,37H2,1-11H3. The molecule has 0 aromatic carbocycles. The van der Waals surface area contributed by atoms with Gasteiger partial charge in [0.1, 0.15) is 0 Å². The average Bonchev–Trinajstić information content (AvgIpc) is 3.11. The predicted octanol–water partition coefficient (Wildman–Crippen LogP) is 15.8. The van der Waals surface area contributed by atoms with Crippen LogP contribution in [0, 0.1) is 0 Å². The number of allylic oxidation sites excluding steroid dienone is 21. The van der Waals surface area contributed by atoms with Crippen LogP contribution in [0.3, 0.4) is 0 Å². The van der Waals surface area contributed by atoms with Crippen molar-refractivity contribution in [2.24, 2.45) is 0 Å². The van der Waals surface area contributed by atoms with Gasteiger partial charge in [-0.15, -0.1) is 0 Å². The molecule has 0 fully saturated rings.